The predicted molar refractivity (Wildman–Crippen MR) is 134 cm³/mol. The van der Waals surface area contributed by atoms with Crippen LogP contribution < -0.4 is 14.5 Å². The molecule has 0 aromatic heterocycles. The summed E-state index contributed by atoms with van der Waals surface area (Å²) >= 11 is 0. The van der Waals surface area contributed by atoms with Gasteiger partial charge in [-0.1, -0.05) is 40.2 Å². The largest absolute Gasteiger partial charge is 0.489 e. The molecule has 1 unspecified atom stereocenters. The lowest BCUT2D eigenvalue weighted by atomic mass is 9.72. The number of unbranched alkanes of at least 4 members (excludes halogenated alkanes) is 1. The Morgan fingerprint density at radius 1 is 1.03 bits per heavy atom. The Labute approximate surface area is 190 Å². The van der Waals surface area contributed by atoms with Crippen LogP contribution in [0.1, 0.15) is 65.4 Å². The number of allylic oxidation sites excluding steroid dienone is 2. The fourth-order valence-electron chi connectivity index (χ4n) is 5.36. The average molecular weight is 426 g/mol. The van der Waals surface area contributed by atoms with Gasteiger partial charge in [-0.3, -0.25) is 4.90 Å². The lowest BCUT2D eigenvalue weighted by Crippen LogP contribution is -2.47. The second kappa shape index (κ2) is 9.44. The van der Waals surface area contributed by atoms with Crippen molar-refractivity contribution in [3.63, 3.8) is 0 Å². The maximum Gasteiger partial charge on any atom is 0.144 e. The van der Waals surface area contributed by atoms with E-state index in [0.717, 1.165) is 37.9 Å². The Bertz CT molecular complexity index is 786. The molecule has 2 aliphatic heterocycles. The van der Waals surface area contributed by atoms with Gasteiger partial charge in [-0.25, -0.2) is 0 Å². The minimum atomic E-state index is 0.392. The van der Waals surface area contributed by atoms with Crippen molar-refractivity contribution in [3.8, 4) is 5.75 Å². The highest BCUT2D eigenvalue weighted by Crippen LogP contribution is 2.45. The number of nitrogens with zero attached hydrogens (tertiary/aromatic N) is 3. The molecule has 2 heterocycles. The van der Waals surface area contributed by atoms with E-state index < -0.39 is 0 Å². The molecule has 0 N–H and O–H groups in total. The van der Waals surface area contributed by atoms with E-state index in [1.54, 1.807) is 5.57 Å². The third-order valence-electron chi connectivity index (χ3n) is 7.70. The molecule has 1 aliphatic carbocycles. The van der Waals surface area contributed by atoms with E-state index in [0.29, 0.717) is 5.41 Å². The molecule has 0 radical (unpaired) electrons. The Hall–Kier alpha value is -1.68. The van der Waals surface area contributed by atoms with Crippen LogP contribution >= 0.6 is 0 Å². The van der Waals surface area contributed by atoms with Gasteiger partial charge >= 0.3 is 0 Å². The first-order valence-electron chi connectivity index (χ1n) is 12.6. The van der Waals surface area contributed by atoms with Crippen LogP contribution in [0.4, 0.5) is 11.4 Å². The Kier molecular flexibility index (Phi) is 6.86. The fraction of sp³-hybridized carbons (Fsp3) is 0.704. The van der Waals surface area contributed by atoms with Crippen LogP contribution in [0.3, 0.4) is 0 Å². The SMILES string of the molecule is CCCCN1CCN(c2cc3c(cc2C2=CCC(C(C)(C)C)CC2)N(C)CCO3)CC1. The van der Waals surface area contributed by atoms with Crippen molar-refractivity contribution < 1.29 is 4.74 Å². The number of hydrogen-bond acceptors (Lipinski definition) is 4. The number of ether oxygens (including phenoxy) is 1. The van der Waals surface area contributed by atoms with Crippen molar-refractivity contribution in [1.29, 1.82) is 0 Å². The van der Waals surface area contributed by atoms with Crippen LogP contribution in [0.2, 0.25) is 0 Å². The van der Waals surface area contributed by atoms with E-state index in [-0.39, 0.29) is 0 Å². The van der Waals surface area contributed by atoms with E-state index in [4.69, 9.17) is 4.74 Å². The van der Waals surface area contributed by atoms with E-state index in [9.17, 15) is 0 Å². The molecule has 31 heavy (non-hydrogen) atoms. The fourth-order valence-corrected chi connectivity index (χ4v) is 5.36. The molecule has 4 heteroatoms. The molecule has 0 bridgehead atoms. The van der Waals surface area contributed by atoms with Gasteiger partial charge in [0, 0.05) is 50.5 Å². The molecule has 4 rings (SSSR count). The summed E-state index contributed by atoms with van der Waals surface area (Å²) in [5, 5.41) is 0. The van der Waals surface area contributed by atoms with E-state index in [2.05, 4.69) is 67.7 Å². The molecule has 0 spiro atoms. The maximum absolute atomic E-state index is 6.11. The zero-order valence-electron chi connectivity index (χ0n) is 20.5. The van der Waals surface area contributed by atoms with Crippen LogP contribution in [0, 0.1) is 11.3 Å². The van der Waals surface area contributed by atoms with Crippen LogP contribution in [-0.4, -0.2) is 57.8 Å². The minimum absolute atomic E-state index is 0.392. The second-order valence-corrected chi connectivity index (χ2v) is 10.9. The van der Waals surface area contributed by atoms with Crippen LogP contribution in [0.25, 0.3) is 5.57 Å². The summed E-state index contributed by atoms with van der Waals surface area (Å²) in [6, 6.07) is 4.77. The lowest BCUT2D eigenvalue weighted by Gasteiger charge is -2.39. The number of fused-ring (bicyclic) bond motifs is 1. The standard InChI is InChI=1S/C27H43N3O/c1-6-7-12-29-13-15-30(16-14-29)24-20-26-25(28(5)17-18-31-26)19-23(24)21-8-10-22(11-9-21)27(2,3)4/h8,19-20,22H,6-7,9-18H2,1-5H3. The summed E-state index contributed by atoms with van der Waals surface area (Å²) in [5.74, 6) is 1.84. The van der Waals surface area contributed by atoms with Crippen molar-refractivity contribution in [2.45, 2.75) is 59.8 Å². The van der Waals surface area contributed by atoms with Crippen LogP contribution in [-0.2, 0) is 0 Å². The highest BCUT2D eigenvalue weighted by molar-refractivity contribution is 5.83. The van der Waals surface area contributed by atoms with Gasteiger partial charge in [-0.2, -0.15) is 0 Å². The maximum atomic E-state index is 6.11. The molecule has 4 nitrogen and oxygen atoms in total. The predicted octanol–water partition coefficient (Wildman–Crippen LogP) is 5.67. The van der Waals surface area contributed by atoms with E-state index in [1.165, 1.54) is 68.7 Å². The Morgan fingerprint density at radius 2 is 1.81 bits per heavy atom. The topological polar surface area (TPSA) is 19.0 Å². The first-order valence-corrected chi connectivity index (χ1v) is 12.6. The zero-order valence-corrected chi connectivity index (χ0v) is 20.5. The van der Waals surface area contributed by atoms with Gasteiger partial charge < -0.3 is 14.5 Å². The summed E-state index contributed by atoms with van der Waals surface area (Å²) in [6.07, 6.45) is 8.83. The highest BCUT2D eigenvalue weighted by Gasteiger charge is 2.29. The number of hydrogen-bond donors (Lipinski definition) is 0. The number of anilines is 2. The molecule has 1 fully saturated rings. The van der Waals surface area contributed by atoms with Crippen molar-refractivity contribution in [2.75, 3.05) is 62.7 Å². The Morgan fingerprint density at radius 3 is 2.45 bits per heavy atom. The first-order chi connectivity index (χ1) is 14.9. The summed E-state index contributed by atoms with van der Waals surface area (Å²) in [7, 11) is 2.20. The quantitative estimate of drug-likeness (QED) is 0.605. The van der Waals surface area contributed by atoms with E-state index in [1.807, 2.05) is 0 Å². The normalized spacial score (nSPS) is 22.7. The van der Waals surface area contributed by atoms with Crippen LogP contribution in [0.5, 0.6) is 5.75 Å². The molecular weight excluding hydrogens is 382 g/mol. The lowest BCUT2D eigenvalue weighted by molar-refractivity contribution is 0.225. The summed E-state index contributed by atoms with van der Waals surface area (Å²) in [6.45, 7) is 17.0. The van der Waals surface area contributed by atoms with Crippen molar-refractivity contribution >= 4 is 16.9 Å². The molecule has 172 valence electrons. The van der Waals surface area contributed by atoms with Gasteiger partial charge in [0.05, 0.1) is 12.2 Å². The first kappa shape index (κ1) is 22.5. The number of piperazine rings is 1. The van der Waals surface area contributed by atoms with Crippen molar-refractivity contribution in [1.82, 2.24) is 4.90 Å². The third-order valence-corrected chi connectivity index (χ3v) is 7.70. The molecule has 1 aromatic carbocycles. The molecular formula is C27H43N3O. The Balaban J connectivity index is 1.61. The zero-order chi connectivity index (χ0) is 22.0. The van der Waals surface area contributed by atoms with Crippen molar-refractivity contribution in [2.24, 2.45) is 11.3 Å². The number of rotatable bonds is 5. The molecule has 1 atom stereocenters. The summed E-state index contributed by atoms with van der Waals surface area (Å²) in [4.78, 5) is 7.61. The third kappa shape index (κ3) is 5.05. The molecule has 0 amide bonds. The summed E-state index contributed by atoms with van der Waals surface area (Å²) < 4.78 is 6.11. The summed E-state index contributed by atoms with van der Waals surface area (Å²) in [5.41, 5.74) is 6.04. The van der Waals surface area contributed by atoms with Crippen LogP contribution in [0.15, 0.2) is 18.2 Å². The van der Waals surface area contributed by atoms with Gasteiger partial charge in [0.15, 0.2) is 0 Å². The molecule has 1 aromatic rings. The number of likely N-dealkylation sites (N-methyl/N-ethyl adjacent to an activating group) is 1. The molecule has 3 aliphatic rings. The minimum Gasteiger partial charge on any atom is -0.489 e. The highest BCUT2D eigenvalue weighted by atomic mass is 16.5. The van der Waals surface area contributed by atoms with Gasteiger partial charge in [0.25, 0.3) is 0 Å². The molecule has 0 saturated carbocycles. The van der Waals surface area contributed by atoms with Gasteiger partial charge in [0.1, 0.15) is 12.4 Å². The number of benzene rings is 1. The average Bonchev–Trinajstić information content (AvgIpc) is 2.77. The second-order valence-electron chi connectivity index (χ2n) is 10.9. The van der Waals surface area contributed by atoms with E-state index >= 15 is 0 Å². The van der Waals surface area contributed by atoms with Gasteiger partial charge in [-0.15, -0.1) is 0 Å². The van der Waals surface area contributed by atoms with Gasteiger partial charge in [0.2, 0.25) is 0 Å². The monoisotopic (exact) mass is 425 g/mol. The smallest absolute Gasteiger partial charge is 0.144 e. The molecule has 1 saturated heterocycles. The van der Waals surface area contributed by atoms with Gasteiger partial charge in [-0.05, 0) is 55.2 Å². The van der Waals surface area contributed by atoms with Crippen molar-refractivity contribution in [3.05, 3.63) is 23.8 Å².